The van der Waals surface area contributed by atoms with Gasteiger partial charge in [0.2, 0.25) is 12.8 Å². The molecule has 0 bridgehead atoms. The third kappa shape index (κ3) is 4.81. The van der Waals surface area contributed by atoms with Crippen molar-refractivity contribution in [2.45, 2.75) is 6.54 Å². The summed E-state index contributed by atoms with van der Waals surface area (Å²) in [7, 11) is 1.40. The molecule has 2 heterocycles. The Morgan fingerprint density at radius 3 is 2.70 bits per heavy atom. The highest BCUT2D eigenvalue weighted by Gasteiger charge is 2.23. The normalized spacial score (nSPS) is 12.0. The molecule has 0 atom stereocenters. The van der Waals surface area contributed by atoms with E-state index in [9.17, 15) is 14.3 Å². The fraction of sp³-hybridized carbons (Fsp3) is 0.111. The Balaban J connectivity index is 1.57. The summed E-state index contributed by atoms with van der Waals surface area (Å²) in [6.07, 6.45) is 1.68. The zero-order valence-corrected chi connectivity index (χ0v) is 20.3. The van der Waals surface area contributed by atoms with Crippen LogP contribution < -0.4 is 14.8 Å². The van der Waals surface area contributed by atoms with Crippen LogP contribution in [0.5, 0.6) is 11.5 Å². The van der Waals surface area contributed by atoms with E-state index in [4.69, 9.17) is 31.1 Å². The fourth-order valence-electron chi connectivity index (χ4n) is 4.14. The molecule has 1 aliphatic heterocycles. The highest BCUT2D eigenvalue weighted by atomic mass is 35.5. The third-order valence-electron chi connectivity index (χ3n) is 5.80. The molecule has 8 nitrogen and oxygen atoms in total. The van der Waals surface area contributed by atoms with Crippen LogP contribution in [0.2, 0.25) is 5.02 Å². The molecule has 0 spiro atoms. The van der Waals surface area contributed by atoms with Gasteiger partial charge in [0.1, 0.15) is 17.1 Å². The van der Waals surface area contributed by atoms with Gasteiger partial charge in [0, 0.05) is 45.2 Å². The number of fused-ring (bicyclic) bond motifs is 3. The van der Waals surface area contributed by atoms with Crippen LogP contribution in [0.3, 0.4) is 0 Å². The first-order chi connectivity index (χ1) is 18.0. The molecule has 37 heavy (non-hydrogen) atoms. The van der Waals surface area contributed by atoms with Crippen LogP contribution in [0.4, 0.5) is 16.0 Å². The Kier molecular flexibility index (Phi) is 6.70. The Morgan fingerprint density at radius 1 is 1.08 bits per heavy atom. The number of nitrogens with one attached hydrogen (secondary N) is 1. The van der Waals surface area contributed by atoms with Gasteiger partial charge in [-0.25, -0.2) is 19.2 Å². The third-order valence-corrected chi connectivity index (χ3v) is 6.04. The lowest BCUT2D eigenvalue weighted by Crippen LogP contribution is -2.08. The zero-order chi connectivity index (χ0) is 25.9. The Hall–Kier alpha value is -4.50. The van der Waals surface area contributed by atoms with E-state index in [1.54, 1.807) is 42.6 Å². The van der Waals surface area contributed by atoms with Crippen LogP contribution in [-0.4, -0.2) is 40.7 Å². The number of benzene rings is 3. The zero-order valence-electron chi connectivity index (χ0n) is 19.5. The van der Waals surface area contributed by atoms with Gasteiger partial charge in [-0.15, -0.1) is 0 Å². The van der Waals surface area contributed by atoms with Crippen LogP contribution in [0.1, 0.15) is 27.0 Å². The summed E-state index contributed by atoms with van der Waals surface area (Å²) < 4.78 is 23.5. The second-order valence-corrected chi connectivity index (χ2v) is 8.45. The number of aliphatic imine (C=N–C) groups is 1. The van der Waals surface area contributed by atoms with Crippen molar-refractivity contribution in [3.63, 3.8) is 0 Å². The average molecular weight is 519 g/mol. The summed E-state index contributed by atoms with van der Waals surface area (Å²) >= 11 is 6.37. The minimum atomic E-state index is -1.09. The van der Waals surface area contributed by atoms with Crippen LogP contribution in [0.25, 0.3) is 11.3 Å². The van der Waals surface area contributed by atoms with Crippen LogP contribution in [0.15, 0.2) is 71.9 Å². The van der Waals surface area contributed by atoms with Gasteiger partial charge in [0.15, 0.2) is 0 Å². The van der Waals surface area contributed by atoms with Crippen molar-refractivity contribution in [2.75, 3.05) is 19.3 Å². The number of para-hydroxylation sites is 1. The van der Waals surface area contributed by atoms with E-state index in [1.165, 1.54) is 13.2 Å². The molecule has 0 saturated heterocycles. The molecule has 0 saturated carbocycles. The summed E-state index contributed by atoms with van der Waals surface area (Å²) in [5.74, 6) is -0.212. The summed E-state index contributed by atoms with van der Waals surface area (Å²) in [4.78, 5) is 25.4. The molecule has 0 amide bonds. The quantitative estimate of drug-likeness (QED) is 0.313. The number of rotatable bonds is 7. The number of carboxylic acids is 1. The molecule has 0 aliphatic carbocycles. The molecule has 0 fully saturated rings. The van der Waals surface area contributed by atoms with Gasteiger partial charge in [-0.3, -0.25) is 4.99 Å². The Bertz CT molecular complexity index is 1540. The fourth-order valence-corrected chi connectivity index (χ4v) is 4.31. The number of hydrogen-bond acceptors (Lipinski definition) is 7. The van der Waals surface area contributed by atoms with Crippen LogP contribution in [-0.2, 0) is 6.54 Å². The summed E-state index contributed by atoms with van der Waals surface area (Å²) in [6, 6.07) is 17.1. The molecular weight excluding hydrogens is 499 g/mol. The number of alkyl halides is 1. The molecule has 5 rings (SSSR count). The maximum Gasteiger partial charge on any atom is 0.339 e. The number of carboxylic acid groups (broad SMARTS) is 1. The van der Waals surface area contributed by atoms with Crippen molar-refractivity contribution in [1.82, 2.24) is 9.97 Å². The number of nitrogens with zero attached hydrogens (tertiary/aromatic N) is 3. The van der Waals surface area contributed by atoms with Gasteiger partial charge < -0.3 is 19.9 Å². The Labute approximate surface area is 216 Å². The van der Waals surface area contributed by atoms with E-state index >= 15 is 0 Å². The number of aromatic nitrogens is 2. The lowest BCUT2D eigenvalue weighted by atomic mass is 9.95. The number of carbonyl (C=O) groups is 1. The molecule has 2 N–H and O–H groups in total. The number of halogens is 2. The lowest BCUT2D eigenvalue weighted by Gasteiger charge is -2.14. The lowest BCUT2D eigenvalue weighted by molar-refractivity contribution is 0.0693. The highest BCUT2D eigenvalue weighted by Crippen LogP contribution is 2.35. The molecule has 4 aromatic rings. The smallest absolute Gasteiger partial charge is 0.339 e. The maximum atomic E-state index is 13.1. The molecule has 1 aromatic heterocycles. The first-order valence-corrected chi connectivity index (χ1v) is 11.5. The first-order valence-electron chi connectivity index (χ1n) is 11.2. The summed E-state index contributed by atoms with van der Waals surface area (Å²) in [5, 5.41) is 12.9. The minimum absolute atomic E-state index is 0.0448. The van der Waals surface area contributed by atoms with Gasteiger partial charge >= 0.3 is 5.97 Å². The number of anilines is 2. The van der Waals surface area contributed by atoms with E-state index < -0.39 is 12.8 Å². The average Bonchev–Trinajstić information content (AvgIpc) is 3.05. The Morgan fingerprint density at radius 2 is 1.92 bits per heavy atom. The van der Waals surface area contributed by atoms with Crippen LogP contribution >= 0.6 is 11.6 Å². The van der Waals surface area contributed by atoms with Gasteiger partial charge in [0.05, 0.1) is 25.1 Å². The molecule has 186 valence electrons. The predicted molar refractivity (Wildman–Crippen MR) is 138 cm³/mol. The predicted octanol–water partition coefficient (Wildman–Crippen LogP) is 5.90. The van der Waals surface area contributed by atoms with Crippen molar-refractivity contribution in [3.8, 4) is 22.8 Å². The van der Waals surface area contributed by atoms with Crippen molar-refractivity contribution in [3.05, 3.63) is 94.1 Å². The van der Waals surface area contributed by atoms with Crippen LogP contribution in [0, 0.1) is 0 Å². The van der Waals surface area contributed by atoms with Crippen molar-refractivity contribution >= 4 is 34.9 Å². The molecule has 0 unspecified atom stereocenters. The largest absolute Gasteiger partial charge is 0.496 e. The second kappa shape index (κ2) is 10.2. The number of ether oxygens (including phenoxy) is 2. The van der Waals surface area contributed by atoms with Crippen molar-refractivity contribution in [2.24, 2.45) is 4.99 Å². The van der Waals surface area contributed by atoms with E-state index in [0.717, 1.165) is 16.7 Å². The van der Waals surface area contributed by atoms with E-state index in [2.05, 4.69) is 10.3 Å². The second-order valence-electron chi connectivity index (χ2n) is 8.02. The maximum absolute atomic E-state index is 13.1. The molecule has 1 aliphatic rings. The first kappa shape index (κ1) is 24.2. The van der Waals surface area contributed by atoms with E-state index in [0.29, 0.717) is 39.4 Å². The van der Waals surface area contributed by atoms with E-state index in [1.807, 2.05) is 18.2 Å². The standard InChI is InChI=1S/C27H20ClFN4O4/c1-36-23-11-17(7-9-20(23)26(34)35)32-27-31-13-15-12-30-25(19-4-2-3-5-22(19)37-14-29)21-10-16(28)6-8-18(21)24(15)33-27/h2-11,13H,12,14H2,1H3,(H,34,35)(H,31,32,33). The van der Waals surface area contributed by atoms with Gasteiger partial charge in [-0.1, -0.05) is 29.8 Å². The number of methoxy groups -OCH3 is 1. The summed E-state index contributed by atoms with van der Waals surface area (Å²) in [5.41, 5.74) is 4.77. The number of aromatic carboxylic acids is 1. The SMILES string of the molecule is COc1cc(Nc2ncc3c(n2)-c2ccc(Cl)cc2C(c2ccccc2OCF)=NC3)ccc1C(=O)O. The molecule has 10 heteroatoms. The van der Waals surface area contributed by atoms with Gasteiger partial charge in [-0.05, 0) is 36.4 Å². The van der Waals surface area contributed by atoms with Crippen molar-refractivity contribution < 1.29 is 23.8 Å². The van der Waals surface area contributed by atoms with Crippen molar-refractivity contribution in [1.29, 1.82) is 0 Å². The minimum Gasteiger partial charge on any atom is -0.496 e. The van der Waals surface area contributed by atoms with Gasteiger partial charge in [0.25, 0.3) is 0 Å². The van der Waals surface area contributed by atoms with E-state index in [-0.39, 0.29) is 17.9 Å². The summed E-state index contributed by atoms with van der Waals surface area (Å²) in [6.45, 7) is -0.687. The monoisotopic (exact) mass is 518 g/mol. The highest BCUT2D eigenvalue weighted by molar-refractivity contribution is 6.31. The molecule has 3 aromatic carbocycles. The van der Waals surface area contributed by atoms with Gasteiger partial charge in [-0.2, -0.15) is 0 Å². The number of hydrogen-bond donors (Lipinski definition) is 2. The topological polar surface area (TPSA) is 106 Å². The molecular formula is C27H20ClFN4O4. The molecule has 0 radical (unpaired) electrons.